The Balaban J connectivity index is 1.36. The molecule has 0 spiro atoms. The van der Waals surface area contributed by atoms with E-state index in [2.05, 4.69) is 32.9 Å². The fourth-order valence-corrected chi connectivity index (χ4v) is 3.95. The number of nitrogens with zero attached hydrogens (tertiary/aromatic N) is 4. The summed E-state index contributed by atoms with van der Waals surface area (Å²) in [5.41, 5.74) is 1.29. The first-order chi connectivity index (χ1) is 11.8. The van der Waals surface area contributed by atoms with Gasteiger partial charge in [-0.3, -0.25) is 9.89 Å². The highest BCUT2D eigenvalue weighted by atomic mass is 16.5. The number of hydrogen-bond acceptors (Lipinski definition) is 5. The molecule has 5 nitrogen and oxygen atoms in total. The number of hydrogen-bond donors (Lipinski definition) is 0. The molecule has 2 fully saturated rings. The predicted molar refractivity (Wildman–Crippen MR) is 96.5 cm³/mol. The van der Waals surface area contributed by atoms with Crippen LogP contribution in [0.5, 0.6) is 5.75 Å². The Kier molecular flexibility index (Phi) is 4.60. The van der Waals surface area contributed by atoms with Crippen molar-refractivity contribution in [3.63, 3.8) is 0 Å². The Morgan fingerprint density at radius 1 is 1.12 bits per heavy atom. The minimum absolute atomic E-state index is 0.866. The van der Waals surface area contributed by atoms with Crippen LogP contribution in [0.3, 0.4) is 0 Å². The number of rotatable bonds is 4. The molecule has 1 saturated heterocycles. The summed E-state index contributed by atoms with van der Waals surface area (Å²) in [5, 5.41) is 0. The smallest absolute Gasteiger partial charge is 0.197 e. The van der Waals surface area contributed by atoms with Crippen molar-refractivity contribution < 1.29 is 4.74 Å². The summed E-state index contributed by atoms with van der Waals surface area (Å²) in [5.74, 6) is 2.13. The highest BCUT2D eigenvalue weighted by molar-refractivity contribution is 5.81. The summed E-state index contributed by atoms with van der Waals surface area (Å²) in [6.45, 7) is 7.47. The number of benzene rings is 1. The summed E-state index contributed by atoms with van der Waals surface area (Å²) in [7, 11) is 1.73. The molecule has 1 aromatic rings. The van der Waals surface area contributed by atoms with E-state index in [4.69, 9.17) is 9.73 Å². The molecule has 2 heterocycles. The Labute approximate surface area is 144 Å². The van der Waals surface area contributed by atoms with Crippen molar-refractivity contribution in [3.05, 3.63) is 29.8 Å². The van der Waals surface area contributed by atoms with Crippen molar-refractivity contribution in [2.24, 2.45) is 4.99 Å². The van der Waals surface area contributed by atoms with Crippen molar-refractivity contribution in [3.8, 4) is 5.75 Å². The van der Waals surface area contributed by atoms with Crippen molar-refractivity contribution in [2.75, 3.05) is 46.4 Å². The van der Waals surface area contributed by atoms with E-state index in [1.807, 2.05) is 6.07 Å². The monoisotopic (exact) mass is 328 g/mol. The molecule has 0 N–H and O–H groups in total. The molecule has 24 heavy (non-hydrogen) atoms. The van der Waals surface area contributed by atoms with Gasteiger partial charge in [0.2, 0.25) is 0 Å². The lowest BCUT2D eigenvalue weighted by Crippen LogP contribution is -2.55. The SMILES string of the molecule is COc1cccc(CN2CCN=C2N2CCN(C3CCC3)CC2)c1. The molecular weight excluding hydrogens is 300 g/mol. The van der Waals surface area contributed by atoms with Crippen molar-refractivity contribution in [1.82, 2.24) is 14.7 Å². The molecule has 0 amide bonds. The quantitative estimate of drug-likeness (QED) is 0.846. The molecule has 1 saturated carbocycles. The molecule has 0 bridgehead atoms. The van der Waals surface area contributed by atoms with E-state index >= 15 is 0 Å². The number of piperazine rings is 1. The molecule has 1 aliphatic carbocycles. The molecule has 0 radical (unpaired) electrons. The lowest BCUT2D eigenvalue weighted by Gasteiger charge is -2.44. The van der Waals surface area contributed by atoms with Gasteiger partial charge < -0.3 is 14.5 Å². The second kappa shape index (κ2) is 7.01. The lowest BCUT2D eigenvalue weighted by molar-refractivity contribution is 0.0816. The van der Waals surface area contributed by atoms with Crippen LogP contribution in [-0.4, -0.2) is 73.1 Å². The Morgan fingerprint density at radius 2 is 1.96 bits per heavy atom. The van der Waals surface area contributed by atoms with Crippen LogP contribution >= 0.6 is 0 Å². The number of aliphatic imine (C=N–C) groups is 1. The summed E-state index contributed by atoms with van der Waals surface area (Å²) in [6, 6.07) is 9.24. The first-order valence-corrected chi connectivity index (χ1v) is 9.25. The minimum Gasteiger partial charge on any atom is -0.497 e. The van der Waals surface area contributed by atoms with Gasteiger partial charge in [0.15, 0.2) is 5.96 Å². The van der Waals surface area contributed by atoms with Crippen molar-refractivity contribution in [2.45, 2.75) is 31.8 Å². The molecule has 1 aromatic carbocycles. The maximum Gasteiger partial charge on any atom is 0.197 e. The summed E-state index contributed by atoms with van der Waals surface area (Å²) >= 11 is 0. The molecule has 0 unspecified atom stereocenters. The molecule has 4 rings (SSSR count). The van der Waals surface area contributed by atoms with Crippen LogP contribution in [0, 0.1) is 0 Å². The zero-order chi connectivity index (χ0) is 16.4. The van der Waals surface area contributed by atoms with Crippen molar-refractivity contribution >= 4 is 5.96 Å². The zero-order valence-corrected chi connectivity index (χ0v) is 14.7. The first kappa shape index (κ1) is 15.8. The van der Waals surface area contributed by atoms with Crippen LogP contribution in [0.15, 0.2) is 29.3 Å². The first-order valence-electron chi connectivity index (χ1n) is 9.25. The second-order valence-electron chi connectivity index (χ2n) is 7.06. The van der Waals surface area contributed by atoms with E-state index in [9.17, 15) is 0 Å². The van der Waals surface area contributed by atoms with Gasteiger partial charge in [-0.25, -0.2) is 0 Å². The van der Waals surface area contributed by atoms with Crippen LogP contribution in [0.1, 0.15) is 24.8 Å². The molecule has 0 aromatic heterocycles. The van der Waals surface area contributed by atoms with Gasteiger partial charge in [0, 0.05) is 45.3 Å². The Bertz CT molecular complexity index is 591. The summed E-state index contributed by atoms with van der Waals surface area (Å²) in [6.07, 6.45) is 4.23. The summed E-state index contributed by atoms with van der Waals surface area (Å²) < 4.78 is 5.35. The van der Waals surface area contributed by atoms with E-state index < -0.39 is 0 Å². The van der Waals surface area contributed by atoms with E-state index in [-0.39, 0.29) is 0 Å². The van der Waals surface area contributed by atoms with Gasteiger partial charge in [0.1, 0.15) is 5.75 Å². The standard InChI is InChI=1S/C19H28N4O/c1-24-18-7-2-4-16(14-18)15-23-9-8-20-19(23)22-12-10-21(11-13-22)17-5-3-6-17/h2,4,7,14,17H,3,5-6,8-13,15H2,1H3. The second-order valence-corrected chi connectivity index (χ2v) is 7.06. The molecule has 5 heteroatoms. The van der Waals surface area contributed by atoms with Crippen LogP contribution in [0.4, 0.5) is 0 Å². The average molecular weight is 328 g/mol. The highest BCUT2D eigenvalue weighted by Gasteiger charge is 2.31. The number of ether oxygens (including phenoxy) is 1. The molecule has 2 aliphatic heterocycles. The molecule has 0 atom stereocenters. The van der Waals surface area contributed by atoms with E-state index in [1.165, 1.54) is 43.9 Å². The zero-order valence-electron chi connectivity index (χ0n) is 14.7. The minimum atomic E-state index is 0.866. The fraction of sp³-hybridized carbons (Fsp3) is 0.632. The van der Waals surface area contributed by atoms with E-state index in [0.29, 0.717) is 0 Å². The van der Waals surface area contributed by atoms with E-state index in [1.54, 1.807) is 7.11 Å². The Morgan fingerprint density at radius 3 is 2.67 bits per heavy atom. The third-order valence-corrected chi connectivity index (χ3v) is 5.60. The van der Waals surface area contributed by atoms with Crippen molar-refractivity contribution in [1.29, 1.82) is 0 Å². The summed E-state index contributed by atoms with van der Waals surface area (Å²) in [4.78, 5) is 12.4. The molecule has 130 valence electrons. The van der Waals surface area contributed by atoms with Gasteiger partial charge in [-0.05, 0) is 30.5 Å². The Hall–Kier alpha value is -1.75. The third kappa shape index (κ3) is 3.22. The normalized spacial score (nSPS) is 22.5. The van der Waals surface area contributed by atoms with Crippen LogP contribution in [-0.2, 0) is 6.54 Å². The maximum absolute atomic E-state index is 5.35. The van der Waals surface area contributed by atoms with Gasteiger partial charge in [-0.15, -0.1) is 0 Å². The van der Waals surface area contributed by atoms with Gasteiger partial charge in [0.25, 0.3) is 0 Å². The predicted octanol–water partition coefficient (Wildman–Crippen LogP) is 2.04. The number of methoxy groups -OCH3 is 1. The van der Waals surface area contributed by atoms with Gasteiger partial charge in [-0.2, -0.15) is 0 Å². The third-order valence-electron chi connectivity index (χ3n) is 5.60. The van der Waals surface area contributed by atoms with Crippen LogP contribution in [0.2, 0.25) is 0 Å². The average Bonchev–Trinajstić information content (AvgIpc) is 3.02. The highest BCUT2D eigenvalue weighted by Crippen LogP contribution is 2.26. The molecular formula is C19H28N4O. The topological polar surface area (TPSA) is 31.3 Å². The van der Waals surface area contributed by atoms with E-state index in [0.717, 1.165) is 44.5 Å². The maximum atomic E-state index is 5.35. The number of guanidine groups is 1. The fourth-order valence-electron chi connectivity index (χ4n) is 3.95. The van der Waals surface area contributed by atoms with Gasteiger partial charge >= 0.3 is 0 Å². The molecule has 3 aliphatic rings. The van der Waals surface area contributed by atoms with Gasteiger partial charge in [-0.1, -0.05) is 18.6 Å². The van der Waals surface area contributed by atoms with Gasteiger partial charge in [0.05, 0.1) is 13.7 Å². The van der Waals surface area contributed by atoms with Crippen LogP contribution in [0.25, 0.3) is 0 Å². The lowest BCUT2D eigenvalue weighted by atomic mass is 9.91. The largest absolute Gasteiger partial charge is 0.497 e. The van der Waals surface area contributed by atoms with Crippen LogP contribution < -0.4 is 4.74 Å².